The number of aryl methyl sites for hydroxylation is 1. The summed E-state index contributed by atoms with van der Waals surface area (Å²) in [5.74, 6) is 0.598. The Hall–Kier alpha value is -2.33. The van der Waals surface area contributed by atoms with Crippen molar-refractivity contribution in [2.45, 2.75) is 50.8 Å². The molecule has 1 saturated carbocycles. The predicted molar refractivity (Wildman–Crippen MR) is 111 cm³/mol. The van der Waals surface area contributed by atoms with Crippen LogP contribution in [0.4, 0.5) is 4.79 Å². The number of rotatable bonds is 7. The van der Waals surface area contributed by atoms with Crippen LogP contribution >= 0.6 is 0 Å². The van der Waals surface area contributed by atoms with Gasteiger partial charge in [-0.05, 0) is 55.7 Å². The Bertz CT molecular complexity index is 750. The average molecular weight is 379 g/mol. The highest BCUT2D eigenvalue weighted by Crippen LogP contribution is 2.35. The van der Waals surface area contributed by atoms with E-state index in [0.717, 1.165) is 37.9 Å². The van der Waals surface area contributed by atoms with Crippen molar-refractivity contribution < 1.29 is 9.53 Å². The molecular weight excluding hydrogens is 348 g/mol. The van der Waals surface area contributed by atoms with Crippen LogP contribution < -0.4 is 5.32 Å². The number of ether oxygens (including phenoxy) is 1. The molecule has 1 N–H and O–H groups in total. The van der Waals surface area contributed by atoms with E-state index >= 15 is 0 Å². The molecule has 5 rings (SSSR count). The summed E-state index contributed by atoms with van der Waals surface area (Å²) in [6.45, 7) is 2.19. The third kappa shape index (κ3) is 4.74. The molecule has 4 nitrogen and oxygen atoms in total. The Morgan fingerprint density at radius 3 is 2.43 bits per heavy atom. The number of hydrogen-bond donors (Lipinski definition) is 1. The molecule has 2 bridgehead atoms. The number of nitrogens with zero attached hydrogens (tertiary/aromatic N) is 1. The Morgan fingerprint density at radius 1 is 1.00 bits per heavy atom. The van der Waals surface area contributed by atoms with E-state index in [4.69, 9.17) is 4.74 Å². The van der Waals surface area contributed by atoms with Gasteiger partial charge in [-0.1, -0.05) is 60.7 Å². The minimum absolute atomic E-state index is 0.158. The van der Waals surface area contributed by atoms with Gasteiger partial charge in [0.1, 0.15) is 6.61 Å². The summed E-state index contributed by atoms with van der Waals surface area (Å²) in [6, 6.07) is 21.2. The van der Waals surface area contributed by atoms with Crippen molar-refractivity contribution >= 4 is 6.09 Å². The first kappa shape index (κ1) is 19.0. The fourth-order valence-electron chi connectivity index (χ4n) is 4.65. The Kier molecular flexibility index (Phi) is 6.27. The summed E-state index contributed by atoms with van der Waals surface area (Å²) in [4.78, 5) is 14.7. The zero-order valence-electron chi connectivity index (χ0n) is 16.4. The van der Waals surface area contributed by atoms with Gasteiger partial charge in [0.2, 0.25) is 0 Å². The number of carbonyl (C=O) groups excluding carboxylic acids is 1. The molecule has 2 aliphatic heterocycles. The topological polar surface area (TPSA) is 41.6 Å². The summed E-state index contributed by atoms with van der Waals surface area (Å²) >= 11 is 0. The molecule has 3 unspecified atom stereocenters. The van der Waals surface area contributed by atoms with Gasteiger partial charge in [0.25, 0.3) is 0 Å². The van der Waals surface area contributed by atoms with Crippen LogP contribution in [0.2, 0.25) is 0 Å². The first-order valence-corrected chi connectivity index (χ1v) is 10.5. The molecule has 0 radical (unpaired) electrons. The van der Waals surface area contributed by atoms with E-state index in [1.807, 2.05) is 35.2 Å². The lowest BCUT2D eigenvalue weighted by Gasteiger charge is -2.49. The van der Waals surface area contributed by atoms with Crippen LogP contribution in [0.5, 0.6) is 0 Å². The maximum atomic E-state index is 12.7. The van der Waals surface area contributed by atoms with Crippen LogP contribution in [0.15, 0.2) is 60.7 Å². The molecular formula is C24H30N2O2. The zero-order chi connectivity index (χ0) is 19.2. The number of fused-ring (bicyclic) bond motifs is 3. The number of hydrogen-bond acceptors (Lipinski definition) is 3. The van der Waals surface area contributed by atoms with Gasteiger partial charge in [-0.3, -0.25) is 0 Å². The van der Waals surface area contributed by atoms with E-state index in [9.17, 15) is 4.79 Å². The van der Waals surface area contributed by atoms with Gasteiger partial charge in [0, 0.05) is 12.6 Å². The number of amides is 1. The first-order valence-electron chi connectivity index (χ1n) is 10.5. The van der Waals surface area contributed by atoms with Gasteiger partial charge in [0.05, 0.1) is 6.04 Å². The molecule has 3 atom stereocenters. The third-order valence-corrected chi connectivity index (χ3v) is 6.11. The molecule has 4 heteroatoms. The Balaban J connectivity index is 1.26. The van der Waals surface area contributed by atoms with Crippen molar-refractivity contribution in [2.24, 2.45) is 5.92 Å². The second-order valence-electron chi connectivity index (χ2n) is 8.09. The van der Waals surface area contributed by atoms with Gasteiger partial charge in [0.15, 0.2) is 0 Å². The standard InChI is InChI=1S/C24H30N2O2/c27-24(28-18-20-10-5-2-6-11-20)26-17-21-13-14-23(26)22(16-21)25-15-7-12-19-8-3-1-4-9-19/h1-6,8-11,21-23,25H,7,12-18H2. The molecule has 148 valence electrons. The van der Waals surface area contributed by atoms with Crippen molar-refractivity contribution in [3.05, 3.63) is 71.8 Å². The molecule has 1 amide bonds. The highest BCUT2D eigenvalue weighted by molar-refractivity contribution is 5.68. The fourth-order valence-corrected chi connectivity index (χ4v) is 4.65. The minimum atomic E-state index is -0.158. The van der Waals surface area contributed by atoms with Crippen LogP contribution in [0.3, 0.4) is 0 Å². The maximum Gasteiger partial charge on any atom is 0.410 e. The number of benzene rings is 2. The summed E-state index contributed by atoms with van der Waals surface area (Å²) in [5, 5.41) is 3.73. The summed E-state index contributed by atoms with van der Waals surface area (Å²) in [5.41, 5.74) is 2.43. The van der Waals surface area contributed by atoms with Crippen molar-refractivity contribution in [3.8, 4) is 0 Å². The van der Waals surface area contributed by atoms with Gasteiger partial charge in [-0.25, -0.2) is 4.79 Å². The molecule has 3 aliphatic rings. The van der Waals surface area contributed by atoms with Crippen LogP contribution in [-0.4, -0.2) is 36.2 Å². The molecule has 3 fully saturated rings. The van der Waals surface area contributed by atoms with Crippen molar-refractivity contribution in [3.63, 3.8) is 0 Å². The second-order valence-corrected chi connectivity index (χ2v) is 8.09. The molecule has 2 heterocycles. The van der Waals surface area contributed by atoms with E-state index in [2.05, 4.69) is 35.6 Å². The Morgan fingerprint density at radius 2 is 1.71 bits per heavy atom. The van der Waals surface area contributed by atoms with Gasteiger partial charge in [-0.15, -0.1) is 0 Å². The lowest BCUT2D eigenvalue weighted by Crippen LogP contribution is -2.61. The highest BCUT2D eigenvalue weighted by atomic mass is 16.6. The zero-order valence-corrected chi connectivity index (χ0v) is 16.4. The van der Waals surface area contributed by atoms with Crippen LogP contribution in [0.1, 0.15) is 36.8 Å². The predicted octanol–water partition coefficient (Wildman–Crippen LogP) is 4.40. The van der Waals surface area contributed by atoms with Gasteiger partial charge >= 0.3 is 6.09 Å². The molecule has 2 saturated heterocycles. The van der Waals surface area contributed by atoms with Gasteiger partial charge < -0.3 is 15.0 Å². The van der Waals surface area contributed by atoms with E-state index in [1.54, 1.807) is 0 Å². The minimum Gasteiger partial charge on any atom is -0.445 e. The number of nitrogens with one attached hydrogen (secondary N) is 1. The van der Waals surface area contributed by atoms with Gasteiger partial charge in [-0.2, -0.15) is 0 Å². The van der Waals surface area contributed by atoms with Crippen LogP contribution in [0.25, 0.3) is 0 Å². The Labute approximate surface area is 167 Å². The largest absolute Gasteiger partial charge is 0.445 e. The quantitative estimate of drug-likeness (QED) is 0.726. The fraction of sp³-hybridized carbons (Fsp3) is 0.458. The average Bonchev–Trinajstić information content (AvgIpc) is 2.77. The summed E-state index contributed by atoms with van der Waals surface area (Å²) < 4.78 is 5.61. The van der Waals surface area contributed by atoms with Crippen LogP contribution in [0, 0.1) is 5.92 Å². The summed E-state index contributed by atoms with van der Waals surface area (Å²) in [6.07, 6.45) is 5.55. The summed E-state index contributed by atoms with van der Waals surface area (Å²) in [7, 11) is 0. The van der Waals surface area contributed by atoms with Crippen molar-refractivity contribution in [1.82, 2.24) is 10.2 Å². The SMILES string of the molecule is O=C(OCc1ccccc1)N1CC2CCC1C(NCCCc1ccccc1)C2. The lowest BCUT2D eigenvalue weighted by molar-refractivity contribution is 0.00841. The number of carbonyl (C=O) groups is 1. The second kappa shape index (κ2) is 9.24. The molecule has 1 aliphatic carbocycles. The maximum absolute atomic E-state index is 12.7. The molecule has 2 aromatic rings. The van der Waals surface area contributed by atoms with E-state index in [-0.39, 0.29) is 12.1 Å². The number of piperidine rings is 2. The third-order valence-electron chi connectivity index (χ3n) is 6.11. The lowest BCUT2D eigenvalue weighted by atomic mass is 9.76. The first-order chi connectivity index (χ1) is 13.8. The molecule has 28 heavy (non-hydrogen) atoms. The van der Waals surface area contributed by atoms with E-state index in [0.29, 0.717) is 18.6 Å². The van der Waals surface area contributed by atoms with Crippen LogP contribution in [-0.2, 0) is 17.8 Å². The van der Waals surface area contributed by atoms with E-state index < -0.39 is 0 Å². The molecule has 2 aromatic carbocycles. The monoisotopic (exact) mass is 378 g/mol. The normalized spacial score (nSPS) is 23.6. The molecule has 0 aromatic heterocycles. The van der Waals surface area contributed by atoms with Crippen molar-refractivity contribution in [1.29, 1.82) is 0 Å². The molecule has 0 spiro atoms. The van der Waals surface area contributed by atoms with E-state index in [1.165, 1.54) is 18.4 Å². The van der Waals surface area contributed by atoms with Crippen molar-refractivity contribution in [2.75, 3.05) is 13.1 Å². The highest BCUT2D eigenvalue weighted by Gasteiger charge is 2.43. The smallest absolute Gasteiger partial charge is 0.410 e.